The van der Waals surface area contributed by atoms with Gasteiger partial charge in [0.05, 0.1) is 24.8 Å². The van der Waals surface area contributed by atoms with E-state index >= 15 is 0 Å². The molecule has 0 aromatic heterocycles. The predicted octanol–water partition coefficient (Wildman–Crippen LogP) is 3.59. The quantitative estimate of drug-likeness (QED) is 0.571. The van der Waals surface area contributed by atoms with Crippen LogP contribution in [0.25, 0.3) is 0 Å². The third-order valence-electron chi connectivity index (χ3n) is 4.94. The molecule has 5 heteroatoms. The second kappa shape index (κ2) is 8.99. The fourth-order valence-corrected chi connectivity index (χ4v) is 3.51. The van der Waals surface area contributed by atoms with Crippen molar-refractivity contribution in [1.29, 1.82) is 0 Å². The van der Waals surface area contributed by atoms with Gasteiger partial charge in [0.25, 0.3) is 5.91 Å². The van der Waals surface area contributed by atoms with E-state index in [1.807, 2.05) is 19.1 Å². The van der Waals surface area contributed by atoms with Crippen LogP contribution in [0.2, 0.25) is 0 Å². The Morgan fingerprint density at radius 1 is 1.19 bits per heavy atom. The van der Waals surface area contributed by atoms with Gasteiger partial charge in [0.15, 0.2) is 0 Å². The summed E-state index contributed by atoms with van der Waals surface area (Å²) < 4.78 is 5.55. The van der Waals surface area contributed by atoms with Gasteiger partial charge in [0.2, 0.25) is 5.91 Å². The van der Waals surface area contributed by atoms with Gasteiger partial charge in [-0.2, -0.15) is 0 Å². The molecule has 5 nitrogen and oxygen atoms in total. The van der Waals surface area contributed by atoms with Gasteiger partial charge in [0, 0.05) is 0 Å². The van der Waals surface area contributed by atoms with E-state index in [2.05, 4.69) is 11.4 Å². The molecule has 1 aliphatic heterocycles. The third-order valence-corrected chi connectivity index (χ3v) is 4.94. The number of hydrogen-bond donors (Lipinski definition) is 1. The van der Waals surface area contributed by atoms with Crippen LogP contribution in [0.1, 0.15) is 51.9 Å². The second-order valence-corrected chi connectivity index (χ2v) is 6.98. The minimum Gasteiger partial charge on any atom is -0.494 e. The number of rotatable bonds is 8. The molecule has 1 heterocycles. The van der Waals surface area contributed by atoms with Crippen LogP contribution in [0.15, 0.2) is 35.9 Å². The first-order valence-corrected chi connectivity index (χ1v) is 9.70. The molecule has 3 rings (SSSR count). The number of amides is 2. The number of ether oxygens (including phenoxy) is 1. The minimum atomic E-state index is -0.414. The molecule has 0 saturated carbocycles. The van der Waals surface area contributed by atoms with Crippen molar-refractivity contribution in [2.45, 2.75) is 57.9 Å². The van der Waals surface area contributed by atoms with E-state index in [4.69, 9.17) is 4.74 Å². The highest BCUT2D eigenvalue weighted by Crippen LogP contribution is 2.25. The molecule has 1 aromatic rings. The lowest BCUT2D eigenvalue weighted by molar-refractivity contribution is -0.121. The summed E-state index contributed by atoms with van der Waals surface area (Å²) in [5, 5.41) is 3.27. The largest absolute Gasteiger partial charge is 0.494 e. The number of nitrogens with zero attached hydrogens (tertiary/aromatic N) is 1. The van der Waals surface area contributed by atoms with Crippen LogP contribution in [-0.2, 0) is 9.59 Å². The van der Waals surface area contributed by atoms with Crippen molar-refractivity contribution in [2.24, 2.45) is 0 Å². The standard InChI is InChI=1S/C21H28N2O3/c1-2-14-26-18-10-8-17(9-11-18)23-20(24)15-19(21(23)25)22-13-12-16-6-4-3-5-7-16/h6,8-11,19,22H,2-5,7,12-15H2,1H3. The summed E-state index contributed by atoms with van der Waals surface area (Å²) >= 11 is 0. The molecule has 0 spiro atoms. The van der Waals surface area contributed by atoms with Crippen molar-refractivity contribution in [3.8, 4) is 5.75 Å². The van der Waals surface area contributed by atoms with Gasteiger partial charge in [-0.25, -0.2) is 4.90 Å². The van der Waals surface area contributed by atoms with Crippen molar-refractivity contribution in [3.63, 3.8) is 0 Å². The molecule has 140 valence electrons. The Morgan fingerprint density at radius 2 is 2.00 bits per heavy atom. The van der Waals surface area contributed by atoms with E-state index in [9.17, 15) is 9.59 Å². The molecule has 1 saturated heterocycles. The molecule has 0 radical (unpaired) electrons. The van der Waals surface area contributed by atoms with E-state index in [1.165, 1.54) is 29.7 Å². The van der Waals surface area contributed by atoms with Crippen molar-refractivity contribution >= 4 is 17.5 Å². The Balaban J connectivity index is 1.55. The average Bonchev–Trinajstić information content (AvgIpc) is 2.95. The maximum atomic E-state index is 12.7. The fourth-order valence-electron chi connectivity index (χ4n) is 3.51. The molecule has 1 N–H and O–H groups in total. The second-order valence-electron chi connectivity index (χ2n) is 6.98. The van der Waals surface area contributed by atoms with E-state index in [1.54, 1.807) is 12.1 Å². The maximum Gasteiger partial charge on any atom is 0.251 e. The maximum absolute atomic E-state index is 12.7. The number of benzene rings is 1. The van der Waals surface area contributed by atoms with Crippen molar-refractivity contribution < 1.29 is 14.3 Å². The van der Waals surface area contributed by atoms with E-state index < -0.39 is 6.04 Å². The fraction of sp³-hybridized carbons (Fsp3) is 0.524. The van der Waals surface area contributed by atoms with Crippen LogP contribution in [-0.4, -0.2) is 31.0 Å². The van der Waals surface area contributed by atoms with Crippen LogP contribution in [0.4, 0.5) is 5.69 Å². The van der Waals surface area contributed by atoms with Gasteiger partial charge in [-0.05, 0) is 69.3 Å². The van der Waals surface area contributed by atoms with Crippen molar-refractivity contribution in [1.82, 2.24) is 5.32 Å². The van der Waals surface area contributed by atoms with E-state index in [0.29, 0.717) is 12.3 Å². The Morgan fingerprint density at radius 3 is 2.69 bits per heavy atom. The topological polar surface area (TPSA) is 58.6 Å². The van der Waals surface area contributed by atoms with Crippen molar-refractivity contribution in [3.05, 3.63) is 35.9 Å². The number of imide groups is 1. The summed E-state index contributed by atoms with van der Waals surface area (Å²) in [4.78, 5) is 26.3. The lowest BCUT2D eigenvalue weighted by Crippen LogP contribution is -2.39. The zero-order valence-corrected chi connectivity index (χ0v) is 15.5. The van der Waals surface area contributed by atoms with Crippen LogP contribution in [0.5, 0.6) is 5.75 Å². The summed E-state index contributed by atoms with van der Waals surface area (Å²) in [6.07, 6.45) is 9.33. The molecular weight excluding hydrogens is 328 g/mol. The summed E-state index contributed by atoms with van der Waals surface area (Å²) in [6, 6.07) is 6.75. The summed E-state index contributed by atoms with van der Waals surface area (Å²) in [6.45, 7) is 3.45. The molecule has 0 bridgehead atoms. The Kier molecular flexibility index (Phi) is 6.45. The van der Waals surface area contributed by atoms with E-state index in [0.717, 1.165) is 31.6 Å². The highest BCUT2D eigenvalue weighted by Gasteiger charge is 2.39. The Bertz CT molecular complexity index is 666. The zero-order chi connectivity index (χ0) is 18.4. The minimum absolute atomic E-state index is 0.147. The predicted molar refractivity (Wildman–Crippen MR) is 102 cm³/mol. The normalized spacial score (nSPS) is 20.4. The summed E-state index contributed by atoms with van der Waals surface area (Å²) in [5.74, 6) is 0.451. The molecule has 1 fully saturated rings. The lowest BCUT2D eigenvalue weighted by atomic mass is 9.97. The molecule has 2 aliphatic rings. The van der Waals surface area contributed by atoms with Crippen LogP contribution in [0.3, 0.4) is 0 Å². The first-order valence-electron chi connectivity index (χ1n) is 9.70. The lowest BCUT2D eigenvalue weighted by Gasteiger charge is -2.17. The first-order chi connectivity index (χ1) is 12.7. The number of anilines is 1. The SMILES string of the molecule is CCCOc1ccc(N2C(=O)CC(NCCC3=CCCCC3)C2=O)cc1. The van der Waals surface area contributed by atoms with Gasteiger partial charge in [-0.1, -0.05) is 18.6 Å². The van der Waals surface area contributed by atoms with Gasteiger partial charge in [0.1, 0.15) is 5.75 Å². The van der Waals surface area contributed by atoms with E-state index in [-0.39, 0.29) is 18.2 Å². The van der Waals surface area contributed by atoms with Crippen molar-refractivity contribution in [2.75, 3.05) is 18.1 Å². The summed E-state index contributed by atoms with van der Waals surface area (Å²) in [5.41, 5.74) is 2.09. The number of allylic oxidation sites excluding steroid dienone is 1. The molecule has 1 unspecified atom stereocenters. The first kappa shape index (κ1) is 18.6. The average molecular weight is 356 g/mol. The number of nitrogens with one attached hydrogen (secondary N) is 1. The Hall–Kier alpha value is -2.14. The molecule has 1 aliphatic carbocycles. The number of carbonyl (C=O) groups excluding carboxylic acids is 2. The zero-order valence-electron chi connectivity index (χ0n) is 15.5. The highest BCUT2D eigenvalue weighted by atomic mass is 16.5. The third kappa shape index (κ3) is 4.52. The molecule has 26 heavy (non-hydrogen) atoms. The van der Waals surface area contributed by atoms with Gasteiger partial charge in [-0.3, -0.25) is 9.59 Å². The smallest absolute Gasteiger partial charge is 0.251 e. The highest BCUT2D eigenvalue weighted by molar-refractivity contribution is 6.22. The monoisotopic (exact) mass is 356 g/mol. The number of hydrogen-bond acceptors (Lipinski definition) is 4. The van der Waals surface area contributed by atoms with Gasteiger partial charge < -0.3 is 10.1 Å². The van der Waals surface area contributed by atoms with Crippen LogP contribution in [0, 0.1) is 0 Å². The number of carbonyl (C=O) groups is 2. The van der Waals surface area contributed by atoms with Crippen LogP contribution < -0.4 is 15.0 Å². The van der Waals surface area contributed by atoms with Gasteiger partial charge in [-0.15, -0.1) is 0 Å². The summed E-state index contributed by atoms with van der Waals surface area (Å²) in [7, 11) is 0. The Labute approximate surface area is 155 Å². The molecule has 1 atom stereocenters. The van der Waals surface area contributed by atoms with Gasteiger partial charge >= 0.3 is 0 Å². The van der Waals surface area contributed by atoms with Crippen LogP contribution >= 0.6 is 0 Å². The molecule has 2 amide bonds. The molecule has 1 aromatic carbocycles. The molecular formula is C21H28N2O3.